The van der Waals surface area contributed by atoms with Crippen LogP contribution in [0.4, 0.5) is 0 Å². The molecule has 0 unspecified atom stereocenters. The fourth-order valence-electron chi connectivity index (χ4n) is 3.57. The third-order valence-electron chi connectivity index (χ3n) is 4.41. The second kappa shape index (κ2) is 10.8. The third kappa shape index (κ3) is 7.99. The topological polar surface area (TPSA) is 119 Å². The molecule has 26 heavy (non-hydrogen) atoms. The standard InChI is InChI=1S/C16H32N4O4.C2H6/c1-15(2)8-12(9-16(3,4)20(15)24)18-13(21)10-19(7-5-6-17)11-14(22)23;1-2/h12,24H,5-11,17H2,1-4H3,(H,18,21)(H,22,23);1-2H3. The maximum absolute atomic E-state index is 12.3. The molecule has 8 nitrogen and oxygen atoms in total. The molecule has 1 heterocycles. The number of hydrogen-bond donors (Lipinski definition) is 4. The van der Waals surface area contributed by atoms with E-state index in [2.05, 4.69) is 5.32 Å². The van der Waals surface area contributed by atoms with Gasteiger partial charge in [0, 0.05) is 23.7 Å². The van der Waals surface area contributed by atoms with E-state index < -0.39 is 17.0 Å². The first-order valence-electron chi connectivity index (χ1n) is 9.41. The van der Waals surface area contributed by atoms with Gasteiger partial charge in [0.2, 0.25) is 5.91 Å². The van der Waals surface area contributed by atoms with E-state index in [1.54, 1.807) is 4.90 Å². The monoisotopic (exact) mass is 374 g/mol. The Balaban J connectivity index is 0.00000301. The van der Waals surface area contributed by atoms with E-state index in [0.717, 1.165) is 0 Å². The minimum atomic E-state index is -0.962. The molecule has 154 valence electrons. The van der Waals surface area contributed by atoms with Gasteiger partial charge in [-0.3, -0.25) is 14.5 Å². The largest absolute Gasteiger partial charge is 0.480 e. The summed E-state index contributed by atoms with van der Waals surface area (Å²) in [4.78, 5) is 24.8. The highest BCUT2D eigenvalue weighted by molar-refractivity contribution is 5.79. The van der Waals surface area contributed by atoms with Crippen LogP contribution in [-0.4, -0.2) is 75.5 Å². The SMILES string of the molecule is CC.CC1(C)CC(NC(=O)CN(CCCN)CC(=O)O)CC(C)(C)N1O. The van der Waals surface area contributed by atoms with Crippen molar-refractivity contribution in [1.82, 2.24) is 15.3 Å². The number of carboxylic acids is 1. The Kier molecular flexibility index (Phi) is 10.3. The Hall–Kier alpha value is -1.22. The Morgan fingerprint density at radius 2 is 1.65 bits per heavy atom. The van der Waals surface area contributed by atoms with Crippen molar-refractivity contribution < 1.29 is 19.9 Å². The van der Waals surface area contributed by atoms with Crippen molar-refractivity contribution in [2.45, 2.75) is 77.9 Å². The summed E-state index contributed by atoms with van der Waals surface area (Å²) in [5, 5.41) is 23.6. The highest BCUT2D eigenvalue weighted by atomic mass is 16.5. The van der Waals surface area contributed by atoms with Crippen molar-refractivity contribution in [3.63, 3.8) is 0 Å². The quantitative estimate of drug-likeness (QED) is 0.505. The lowest BCUT2D eigenvalue weighted by Crippen LogP contribution is -2.63. The van der Waals surface area contributed by atoms with Crippen LogP contribution in [0.3, 0.4) is 0 Å². The predicted molar refractivity (Wildman–Crippen MR) is 102 cm³/mol. The summed E-state index contributed by atoms with van der Waals surface area (Å²) >= 11 is 0. The van der Waals surface area contributed by atoms with Crippen molar-refractivity contribution in [2.75, 3.05) is 26.2 Å². The number of nitrogens with zero attached hydrogens (tertiary/aromatic N) is 2. The number of carbonyl (C=O) groups is 2. The van der Waals surface area contributed by atoms with Crippen molar-refractivity contribution in [3.8, 4) is 0 Å². The number of rotatable bonds is 8. The molecule has 1 saturated heterocycles. The molecule has 0 saturated carbocycles. The van der Waals surface area contributed by atoms with Crippen LogP contribution < -0.4 is 11.1 Å². The summed E-state index contributed by atoms with van der Waals surface area (Å²) in [5.74, 6) is -1.16. The van der Waals surface area contributed by atoms with E-state index in [4.69, 9.17) is 10.8 Å². The van der Waals surface area contributed by atoms with Crippen molar-refractivity contribution in [1.29, 1.82) is 0 Å². The molecule has 0 aromatic carbocycles. The Labute approximate surface area is 157 Å². The summed E-state index contributed by atoms with van der Waals surface area (Å²) in [6.07, 6.45) is 1.89. The van der Waals surface area contributed by atoms with Crippen LogP contribution in [0.1, 0.15) is 60.8 Å². The fourth-order valence-corrected chi connectivity index (χ4v) is 3.57. The Bertz CT molecular complexity index is 436. The lowest BCUT2D eigenvalue weighted by molar-refractivity contribution is -0.246. The van der Waals surface area contributed by atoms with Gasteiger partial charge in [0.25, 0.3) is 0 Å². The van der Waals surface area contributed by atoms with Crippen LogP contribution in [0.25, 0.3) is 0 Å². The minimum absolute atomic E-state index is 0.0342. The zero-order valence-corrected chi connectivity index (χ0v) is 17.2. The van der Waals surface area contributed by atoms with Gasteiger partial charge in [-0.2, -0.15) is 5.06 Å². The van der Waals surface area contributed by atoms with Gasteiger partial charge in [-0.05, 0) is 53.5 Å². The molecule has 1 amide bonds. The maximum atomic E-state index is 12.3. The van der Waals surface area contributed by atoms with Crippen LogP contribution in [-0.2, 0) is 9.59 Å². The highest BCUT2D eigenvalue weighted by Crippen LogP contribution is 2.36. The molecule has 0 atom stereocenters. The molecule has 0 aromatic heterocycles. The second-order valence-electron chi connectivity index (χ2n) is 7.86. The number of hydrogen-bond acceptors (Lipinski definition) is 6. The fraction of sp³-hybridized carbons (Fsp3) is 0.889. The molecule has 1 aliphatic rings. The maximum Gasteiger partial charge on any atom is 0.317 e. The van der Waals surface area contributed by atoms with E-state index in [0.29, 0.717) is 32.4 Å². The molecule has 5 N–H and O–H groups in total. The average molecular weight is 375 g/mol. The summed E-state index contributed by atoms with van der Waals surface area (Å²) in [6.45, 7) is 12.5. The van der Waals surface area contributed by atoms with Gasteiger partial charge in [-0.1, -0.05) is 13.8 Å². The van der Waals surface area contributed by atoms with Gasteiger partial charge in [0.05, 0.1) is 13.1 Å². The third-order valence-corrected chi connectivity index (χ3v) is 4.41. The van der Waals surface area contributed by atoms with Gasteiger partial charge in [0.1, 0.15) is 0 Å². The Morgan fingerprint density at radius 3 is 2.08 bits per heavy atom. The average Bonchev–Trinajstić information content (AvgIpc) is 2.51. The van der Waals surface area contributed by atoms with Crippen molar-refractivity contribution in [3.05, 3.63) is 0 Å². The van der Waals surface area contributed by atoms with E-state index in [1.165, 1.54) is 5.06 Å². The number of piperidine rings is 1. The van der Waals surface area contributed by atoms with Crippen LogP contribution in [0.2, 0.25) is 0 Å². The zero-order chi connectivity index (χ0) is 20.5. The normalized spacial score (nSPS) is 19.6. The van der Waals surface area contributed by atoms with Crippen molar-refractivity contribution in [2.24, 2.45) is 5.73 Å². The van der Waals surface area contributed by atoms with Gasteiger partial charge in [-0.15, -0.1) is 0 Å². The second-order valence-corrected chi connectivity index (χ2v) is 7.86. The number of carboxylic acid groups (broad SMARTS) is 1. The number of amides is 1. The van der Waals surface area contributed by atoms with Crippen LogP contribution in [0.5, 0.6) is 0 Å². The lowest BCUT2D eigenvalue weighted by Gasteiger charge is -2.51. The summed E-state index contributed by atoms with van der Waals surface area (Å²) in [6, 6.07) is -0.0629. The smallest absolute Gasteiger partial charge is 0.317 e. The Morgan fingerprint density at radius 1 is 1.15 bits per heavy atom. The zero-order valence-electron chi connectivity index (χ0n) is 17.2. The molecule has 0 aliphatic carbocycles. The molecule has 0 bridgehead atoms. The summed E-state index contributed by atoms with van der Waals surface area (Å²) < 4.78 is 0. The number of hydroxylamine groups is 2. The van der Waals surface area contributed by atoms with Crippen LogP contribution in [0, 0.1) is 0 Å². The summed E-state index contributed by atoms with van der Waals surface area (Å²) in [7, 11) is 0. The predicted octanol–water partition coefficient (Wildman–Crippen LogP) is 1.28. The molecule has 8 heteroatoms. The first-order valence-corrected chi connectivity index (χ1v) is 9.41. The minimum Gasteiger partial charge on any atom is -0.480 e. The van der Waals surface area contributed by atoms with Gasteiger partial charge in [-0.25, -0.2) is 0 Å². The molecule has 1 rings (SSSR count). The van der Waals surface area contributed by atoms with Crippen LogP contribution in [0.15, 0.2) is 0 Å². The van der Waals surface area contributed by atoms with E-state index >= 15 is 0 Å². The molecule has 1 aliphatic heterocycles. The van der Waals surface area contributed by atoms with Crippen LogP contribution >= 0.6 is 0 Å². The van der Waals surface area contributed by atoms with E-state index in [1.807, 2.05) is 41.5 Å². The van der Waals surface area contributed by atoms with E-state index in [9.17, 15) is 14.8 Å². The molecule has 0 radical (unpaired) electrons. The molecule has 0 aromatic rings. The number of carbonyl (C=O) groups excluding carboxylic acids is 1. The molecular formula is C18H38N4O4. The van der Waals surface area contributed by atoms with E-state index in [-0.39, 0.29) is 25.0 Å². The molecular weight excluding hydrogens is 336 g/mol. The van der Waals surface area contributed by atoms with Crippen molar-refractivity contribution >= 4 is 11.9 Å². The number of nitrogens with two attached hydrogens (primary N) is 1. The first kappa shape index (κ1) is 24.8. The number of nitrogens with one attached hydrogen (secondary N) is 1. The first-order chi connectivity index (χ1) is 12.0. The lowest BCUT2D eigenvalue weighted by atomic mass is 9.79. The van der Waals surface area contributed by atoms with Gasteiger partial charge in [0.15, 0.2) is 0 Å². The van der Waals surface area contributed by atoms with Gasteiger partial charge >= 0.3 is 5.97 Å². The van der Waals surface area contributed by atoms with Gasteiger partial charge < -0.3 is 21.4 Å². The summed E-state index contributed by atoms with van der Waals surface area (Å²) in [5.41, 5.74) is 4.57. The number of aliphatic carboxylic acids is 1. The molecule has 0 spiro atoms. The highest BCUT2D eigenvalue weighted by Gasteiger charge is 2.45. The molecule has 1 fully saturated rings.